The van der Waals surface area contributed by atoms with Gasteiger partial charge in [-0.3, -0.25) is 0 Å². The lowest BCUT2D eigenvalue weighted by atomic mass is 10.1. The van der Waals surface area contributed by atoms with Gasteiger partial charge in [-0.2, -0.15) is 0 Å². The average Bonchev–Trinajstić information content (AvgIpc) is 2.81. The van der Waals surface area contributed by atoms with E-state index in [1.54, 1.807) is 0 Å². The summed E-state index contributed by atoms with van der Waals surface area (Å²) < 4.78 is 0. The molecule has 2 atom stereocenters. The van der Waals surface area contributed by atoms with Crippen LogP contribution in [0, 0.1) is 11.8 Å². The lowest BCUT2D eigenvalue weighted by Gasteiger charge is -2.15. The van der Waals surface area contributed by atoms with E-state index in [4.69, 9.17) is 5.11 Å². The number of rotatable bonds is 5. The molecule has 0 radical (unpaired) electrons. The molecule has 11 heavy (non-hydrogen) atoms. The SMILES string of the molecule is CC(CO)NCC(C)C1CC1. The lowest BCUT2D eigenvalue weighted by Crippen LogP contribution is -2.33. The number of nitrogens with one attached hydrogen (secondary N) is 1. The minimum Gasteiger partial charge on any atom is -0.395 e. The first kappa shape index (κ1) is 9.01. The minimum atomic E-state index is 0.247. The number of aliphatic hydroxyl groups excluding tert-OH is 1. The molecule has 0 heterocycles. The van der Waals surface area contributed by atoms with Crippen LogP contribution in [0.3, 0.4) is 0 Å². The van der Waals surface area contributed by atoms with Gasteiger partial charge in [0, 0.05) is 6.04 Å². The van der Waals surface area contributed by atoms with Gasteiger partial charge in [-0.1, -0.05) is 6.92 Å². The molecule has 0 amide bonds. The van der Waals surface area contributed by atoms with Crippen molar-refractivity contribution in [3.05, 3.63) is 0 Å². The molecule has 1 aliphatic carbocycles. The molecular weight excluding hydrogens is 138 g/mol. The summed E-state index contributed by atoms with van der Waals surface area (Å²) in [5.41, 5.74) is 0. The van der Waals surface area contributed by atoms with Gasteiger partial charge in [0.1, 0.15) is 0 Å². The molecule has 1 aliphatic rings. The zero-order valence-corrected chi connectivity index (χ0v) is 7.51. The van der Waals surface area contributed by atoms with Crippen LogP contribution in [0.5, 0.6) is 0 Å². The molecule has 1 rings (SSSR count). The van der Waals surface area contributed by atoms with Crippen molar-refractivity contribution in [2.75, 3.05) is 13.2 Å². The van der Waals surface area contributed by atoms with Crippen LogP contribution in [0.25, 0.3) is 0 Å². The predicted molar refractivity (Wildman–Crippen MR) is 46.4 cm³/mol. The number of hydrogen-bond donors (Lipinski definition) is 2. The monoisotopic (exact) mass is 157 g/mol. The molecule has 1 saturated carbocycles. The van der Waals surface area contributed by atoms with E-state index in [9.17, 15) is 0 Å². The van der Waals surface area contributed by atoms with E-state index in [2.05, 4.69) is 12.2 Å². The average molecular weight is 157 g/mol. The summed E-state index contributed by atoms with van der Waals surface area (Å²) in [5.74, 6) is 1.76. The van der Waals surface area contributed by atoms with Crippen molar-refractivity contribution in [1.29, 1.82) is 0 Å². The largest absolute Gasteiger partial charge is 0.395 e. The smallest absolute Gasteiger partial charge is 0.0581 e. The quantitative estimate of drug-likeness (QED) is 0.624. The van der Waals surface area contributed by atoms with E-state index >= 15 is 0 Å². The summed E-state index contributed by atoms with van der Waals surface area (Å²) in [6.45, 7) is 5.61. The molecule has 0 saturated heterocycles. The molecule has 2 N–H and O–H groups in total. The highest BCUT2D eigenvalue weighted by Gasteiger charge is 2.27. The Morgan fingerprint density at radius 2 is 2.09 bits per heavy atom. The van der Waals surface area contributed by atoms with Crippen molar-refractivity contribution in [3.8, 4) is 0 Å². The molecule has 0 aromatic heterocycles. The van der Waals surface area contributed by atoms with Gasteiger partial charge in [0.05, 0.1) is 6.61 Å². The van der Waals surface area contributed by atoms with Crippen LogP contribution in [-0.4, -0.2) is 24.3 Å². The molecule has 2 unspecified atom stereocenters. The molecule has 66 valence electrons. The summed E-state index contributed by atoms with van der Waals surface area (Å²) in [5, 5.41) is 12.0. The van der Waals surface area contributed by atoms with Crippen LogP contribution in [0.2, 0.25) is 0 Å². The normalized spacial score (nSPS) is 23.2. The van der Waals surface area contributed by atoms with Gasteiger partial charge in [0.2, 0.25) is 0 Å². The predicted octanol–water partition coefficient (Wildman–Crippen LogP) is 1.00. The van der Waals surface area contributed by atoms with E-state index in [-0.39, 0.29) is 12.6 Å². The van der Waals surface area contributed by atoms with Gasteiger partial charge in [0.25, 0.3) is 0 Å². The maximum atomic E-state index is 8.74. The van der Waals surface area contributed by atoms with Crippen molar-refractivity contribution in [2.24, 2.45) is 11.8 Å². The zero-order valence-electron chi connectivity index (χ0n) is 7.51. The molecule has 0 aromatic rings. The summed E-state index contributed by atoms with van der Waals surface area (Å²) in [7, 11) is 0. The van der Waals surface area contributed by atoms with E-state index in [0.717, 1.165) is 18.4 Å². The number of aliphatic hydroxyl groups is 1. The van der Waals surface area contributed by atoms with Gasteiger partial charge >= 0.3 is 0 Å². The second-order valence-corrected chi connectivity index (χ2v) is 3.81. The fourth-order valence-electron chi connectivity index (χ4n) is 1.28. The molecular formula is C9H19NO. The summed E-state index contributed by atoms with van der Waals surface area (Å²) >= 11 is 0. The molecule has 0 aromatic carbocycles. The first-order valence-corrected chi connectivity index (χ1v) is 4.58. The maximum absolute atomic E-state index is 8.74. The highest BCUT2D eigenvalue weighted by Crippen LogP contribution is 2.36. The first-order valence-electron chi connectivity index (χ1n) is 4.58. The van der Waals surface area contributed by atoms with Gasteiger partial charge < -0.3 is 10.4 Å². The molecule has 0 spiro atoms. The Kier molecular flexibility index (Phi) is 3.34. The summed E-state index contributed by atoms with van der Waals surface area (Å²) in [4.78, 5) is 0. The molecule has 2 heteroatoms. The molecule has 1 fully saturated rings. The Morgan fingerprint density at radius 1 is 1.45 bits per heavy atom. The van der Waals surface area contributed by atoms with E-state index in [1.165, 1.54) is 12.8 Å². The third kappa shape index (κ3) is 3.21. The molecule has 2 nitrogen and oxygen atoms in total. The van der Waals surface area contributed by atoms with Crippen molar-refractivity contribution in [1.82, 2.24) is 5.32 Å². The Bertz CT molecular complexity index is 112. The van der Waals surface area contributed by atoms with Gasteiger partial charge in [0.15, 0.2) is 0 Å². The van der Waals surface area contributed by atoms with Gasteiger partial charge in [-0.05, 0) is 38.1 Å². The lowest BCUT2D eigenvalue weighted by molar-refractivity contribution is 0.245. The van der Waals surface area contributed by atoms with Gasteiger partial charge in [-0.15, -0.1) is 0 Å². The van der Waals surface area contributed by atoms with E-state index in [0.29, 0.717) is 0 Å². The Morgan fingerprint density at radius 3 is 2.55 bits per heavy atom. The Hall–Kier alpha value is -0.0800. The van der Waals surface area contributed by atoms with Crippen molar-refractivity contribution >= 4 is 0 Å². The number of hydrogen-bond acceptors (Lipinski definition) is 2. The third-order valence-electron chi connectivity index (χ3n) is 2.49. The highest BCUT2D eigenvalue weighted by molar-refractivity contribution is 4.80. The highest BCUT2D eigenvalue weighted by atomic mass is 16.3. The van der Waals surface area contributed by atoms with Crippen LogP contribution in [-0.2, 0) is 0 Å². The van der Waals surface area contributed by atoms with Gasteiger partial charge in [-0.25, -0.2) is 0 Å². The van der Waals surface area contributed by atoms with E-state index in [1.807, 2.05) is 6.92 Å². The topological polar surface area (TPSA) is 32.3 Å². The maximum Gasteiger partial charge on any atom is 0.0581 e. The van der Waals surface area contributed by atoms with Crippen LogP contribution in [0.4, 0.5) is 0 Å². The standard InChI is InChI=1S/C9H19NO/c1-7(9-3-4-9)5-10-8(2)6-11/h7-11H,3-6H2,1-2H3. The molecule has 0 bridgehead atoms. The van der Waals surface area contributed by atoms with Crippen molar-refractivity contribution < 1.29 is 5.11 Å². The van der Waals surface area contributed by atoms with Crippen LogP contribution in [0.15, 0.2) is 0 Å². The van der Waals surface area contributed by atoms with Crippen LogP contribution in [0.1, 0.15) is 26.7 Å². The fourth-order valence-corrected chi connectivity index (χ4v) is 1.28. The van der Waals surface area contributed by atoms with Crippen LogP contribution < -0.4 is 5.32 Å². The third-order valence-corrected chi connectivity index (χ3v) is 2.49. The summed E-state index contributed by atoms with van der Waals surface area (Å²) in [6.07, 6.45) is 2.83. The minimum absolute atomic E-state index is 0.247. The molecule has 0 aliphatic heterocycles. The van der Waals surface area contributed by atoms with Crippen molar-refractivity contribution in [2.45, 2.75) is 32.7 Å². The summed E-state index contributed by atoms with van der Waals surface area (Å²) in [6, 6.07) is 0.260. The van der Waals surface area contributed by atoms with Crippen molar-refractivity contribution in [3.63, 3.8) is 0 Å². The first-order chi connectivity index (χ1) is 5.24. The van der Waals surface area contributed by atoms with E-state index < -0.39 is 0 Å². The second kappa shape index (κ2) is 4.07. The zero-order chi connectivity index (χ0) is 8.27. The second-order valence-electron chi connectivity index (χ2n) is 3.81. The Balaban J connectivity index is 2.00. The fraction of sp³-hybridized carbons (Fsp3) is 1.00. The Labute approximate surface area is 69.0 Å². The van der Waals surface area contributed by atoms with Crippen LogP contribution >= 0.6 is 0 Å².